The predicted octanol–water partition coefficient (Wildman–Crippen LogP) is 4.32. The molecule has 0 saturated carbocycles. The lowest BCUT2D eigenvalue weighted by Crippen LogP contribution is -2.42. The average Bonchev–Trinajstić information content (AvgIpc) is 3.39. The number of likely N-dealkylation sites (tertiary alicyclic amines) is 1. The van der Waals surface area contributed by atoms with Crippen molar-refractivity contribution in [1.29, 1.82) is 0 Å². The van der Waals surface area contributed by atoms with Gasteiger partial charge in [0.2, 0.25) is 5.76 Å². The molecule has 7 heteroatoms. The number of amides is 1. The van der Waals surface area contributed by atoms with Crippen LogP contribution in [0.15, 0.2) is 57.7 Å². The standard InChI is InChI=1S/C20H17ClN2O4/c21-15-7-5-13(6-8-15)19(24)14-3-1-9-23(12-14)20(25)16-11-18(27-22-16)17-4-2-10-26-17/h2,4-8,10-11,14H,1,3,9,12H2. The van der Waals surface area contributed by atoms with Gasteiger partial charge in [-0.1, -0.05) is 16.8 Å². The van der Waals surface area contributed by atoms with E-state index in [1.807, 2.05) is 0 Å². The second-order valence-corrected chi connectivity index (χ2v) is 6.95. The van der Waals surface area contributed by atoms with Crippen LogP contribution in [0.5, 0.6) is 0 Å². The fourth-order valence-corrected chi connectivity index (χ4v) is 3.42. The van der Waals surface area contributed by atoms with E-state index in [-0.39, 0.29) is 23.3 Å². The van der Waals surface area contributed by atoms with E-state index < -0.39 is 0 Å². The number of carbonyl (C=O) groups excluding carboxylic acids is 2. The first-order valence-electron chi connectivity index (χ1n) is 8.71. The number of rotatable bonds is 4. The molecule has 3 aromatic rings. The quantitative estimate of drug-likeness (QED) is 0.626. The van der Waals surface area contributed by atoms with Crippen LogP contribution in [0.4, 0.5) is 0 Å². The van der Waals surface area contributed by atoms with Crippen molar-refractivity contribution in [3.05, 3.63) is 65.0 Å². The van der Waals surface area contributed by atoms with E-state index in [0.717, 1.165) is 12.8 Å². The van der Waals surface area contributed by atoms with Crippen molar-refractivity contribution in [1.82, 2.24) is 10.1 Å². The van der Waals surface area contributed by atoms with Gasteiger partial charge in [0.05, 0.1) is 6.26 Å². The Morgan fingerprint density at radius 1 is 1.15 bits per heavy atom. The van der Waals surface area contributed by atoms with Crippen LogP contribution in [-0.4, -0.2) is 34.8 Å². The number of carbonyl (C=O) groups is 2. The molecule has 1 aliphatic heterocycles. The minimum absolute atomic E-state index is 0.0283. The van der Waals surface area contributed by atoms with E-state index in [1.165, 1.54) is 6.26 Å². The highest BCUT2D eigenvalue weighted by molar-refractivity contribution is 6.30. The minimum Gasteiger partial charge on any atom is -0.461 e. The van der Waals surface area contributed by atoms with Gasteiger partial charge < -0.3 is 13.8 Å². The summed E-state index contributed by atoms with van der Waals surface area (Å²) in [5.74, 6) is 0.455. The zero-order chi connectivity index (χ0) is 18.8. The summed E-state index contributed by atoms with van der Waals surface area (Å²) < 4.78 is 10.5. The Balaban J connectivity index is 1.47. The molecule has 0 aliphatic carbocycles. The normalized spacial score (nSPS) is 17.1. The number of halogens is 1. The minimum atomic E-state index is -0.245. The van der Waals surface area contributed by atoms with Gasteiger partial charge in [-0.3, -0.25) is 9.59 Å². The highest BCUT2D eigenvalue weighted by atomic mass is 35.5. The fraction of sp³-hybridized carbons (Fsp3) is 0.250. The van der Waals surface area contributed by atoms with E-state index in [9.17, 15) is 9.59 Å². The largest absolute Gasteiger partial charge is 0.461 e. The molecule has 0 spiro atoms. The highest BCUT2D eigenvalue weighted by Gasteiger charge is 2.31. The molecule has 2 aromatic heterocycles. The van der Waals surface area contributed by atoms with Gasteiger partial charge in [0.25, 0.3) is 5.91 Å². The third kappa shape index (κ3) is 3.66. The first-order valence-corrected chi connectivity index (χ1v) is 9.09. The summed E-state index contributed by atoms with van der Waals surface area (Å²) in [6.07, 6.45) is 3.04. The number of hydrogen-bond donors (Lipinski definition) is 0. The second-order valence-electron chi connectivity index (χ2n) is 6.52. The van der Waals surface area contributed by atoms with E-state index >= 15 is 0 Å². The summed E-state index contributed by atoms with van der Waals surface area (Å²) in [6.45, 7) is 0.954. The molecule has 1 unspecified atom stereocenters. The molecule has 27 heavy (non-hydrogen) atoms. The average molecular weight is 385 g/mol. The van der Waals surface area contributed by atoms with Crippen molar-refractivity contribution in [3.8, 4) is 11.5 Å². The second kappa shape index (κ2) is 7.40. The Morgan fingerprint density at radius 2 is 1.96 bits per heavy atom. The molecule has 0 bridgehead atoms. The summed E-state index contributed by atoms with van der Waals surface area (Å²) in [6, 6.07) is 11.9. The smallest absolute Gasteiger partial charge is 0.276 e. The van der Waals surface area contributed by atoms with Crippen LogP contribution in [0.2, 0.25) is 5.02 Å². The van der Waals surface area contributed by atoms with E-state index in [1.54, 1.807) is 47.4 Å². The van der Waals surface area contributed by atoms with E-state index in [0.29, 0.717) is 35.2 Å². The van der Waals surface area contributed by atoms with Gasteiger partial charge in [-0.2, -0.15) is 0 Å². The topological polar surface area (TPSA) is 76.6 Å². The van der Waals surface area contributed by atoms with E-state index in [4.69, 9.17) is 20.5 Å². The predicted molar refractivity (Wildman–Crippen MR) is 98.6 cm³/mol. The number of Topliss-reactive ketones (excluding diaryl/α,β-unsaturated/α-hetero) is 1. The SMILES string of the molecule is O=C(c1ccc(Cl)cc1)C1CCCN(C(=O)c2cc(-c3ccco3)on2)C1. The van der Waals surface area contributed by atoms with Crippen molar-refractivity contribution in [3.63, 3.8) is 0 Å². The fourth-order valence-electron chi connectivity index (χ4n) is 3.30. The van der Waals surface area contributed by atoms with Crippen molar-refractivity contribution in [2.45, 2.75) is 12.8 Å². The van der Waals surface area contributed by atoms with Gasteiger partial charge in [0.15, 0.2) is 17.2 Å². The summed E-state index contributed by atoms with van der Waals surface area (Å²) in [4.78, 5) is 27.2. The number of benzene rings is 1. The monoisotopic (exact) mass is 384 g/mol. The van der Waals surface area contributed by atoms with Crippen LogP contribution in [-0.2, 0) is 0 Å². The van der Waals surface area contributed by atoms with Crippen LogP contribution in [0.25, 0.3) is 11.5 Å². The number of piperidine rings is 1. The van der Waals surface area contributed by atoms with Crippen LogP contribution < -0.4 is 0 Å². The Bertz CT molecular complexity index is 947. The molecule has 1 amide bonds. The summed E-state index contributed by atoms with van der Waals surface area (Å²) in [5, 5.41) is 4.45. The molecule has 1 fully saturated rings. The van der Waals surface area contributed by atoms with Gasteiger partial charge >= 0.3 is 0 Å². The maximum Gasteiger partial charge on any atom is 0.276 e. The molecular formula is C20H17ClN2O4. The Hall–Kier alpha value is -2.86. The van der Waals surface area contributed by atoms with Crippen molar-refractivity contribution in [2.24, 2.45) is 5.92 Å². The molecule has 6 nitrogen and oxygen atoms in total. The van der Waals surface area contributed by atoms with Crippen molar-refractivity contribution >= 4 is 23.3 Å². The maximum absolute atomic E-state index is 12.8. The van der Waals surface area contributed by atoms with Crippen molar-refractivity contribution < 1.29 is 18.5 Å². The molecule has 0 radical (unpaired) electrons. The molecule has 1 aliphatic rings. The van der Waals surface area contributed by atoms with Gasteiger partial charge in [-0.15, -0.1) is 0 Å². The van der Waals surface area contributed by atoms with Crippen LogP contribution in [0.1, 0.15) is 33.7 Å². The lowest BCUT2D eigenvalue weighted by Gasteiger charge is -2.31. The maximum atomic E-state index is 12.8. The van der Waals surface area contributed by atoms with E-state index in [2.05, 4.69) is 5.16 Å². The number of furan rings is 1. The Morgan fingerprint density at radius 3 is 2.70 bits per heavy atom. The molecule has 138 valence electrons. The zero-order valence-corrected chi connectivity index (χ0v) is 15.2. The van der Waals surface area contributed by atoms with Gasteiger partial charge in [-0.05, 0) is 49.2 Å². The van der Waals surface area contributed by atoms with Crippen molar-refractivity contribution in [2.75, 3.05) is 13.1 Å². The van der Waals surface area contributed by atoms with Gasteiger partial charge in [0, 0.05) is 35.7 Å². The zero-order valence-electron chi connectivity index (χ0n) is 14.4. The number of aromatic nitrogens is 1. The molecule has 0 N–H and O–H groups in total. The van der Waals surface area contributed by atoms with Crippen LogP contribution >= 0.6 is 11.6 Å². The molecule has 3 heterocycles. The van der Waals surface area contributed by atoms with Gasteiger partial charge in [-0.25, -0.2) is 0 Å². The van der Waals surface area contributed by atoms with Crippen LogP contribution in [0.3, 0.4) is 0 Å². The number of ketones is 1. The summed E-state index contributed by atoms with van der Waals surface area (Å²) in [5.41, 5.74) is 0.821. The summed E-state index contributed by atoms with van der Waals surface area (Å²) >= 11 is 5.89. The first-order chi connectivity index (χ1) is 13.1. The number of nitrogens with zero attached hydrogens (tertiary/aromatic N) is 2. The third-order valence-corrected chi connectivity index (χ3v) is 4.95. The molecule has 4 rings (SSSR count). The molecule has 1 saturated heterocycles. The molecule has 1 atom stereocenters. The summed E-state index contributed by atoms with van der Waals surface area (Å²) in [7, 11) is 0. The third-order valence-electron chi connectivity index (χ3n) is 4.70. The Kier molecular flexibility index (Phi) is 4.81. The number of hydrogen-bond acceptors (Lipinski definition) is 5. The lowest BCUT2D eigenvalue weighted by molar-refractivity contribution is 0.0628. The lowest BCUT2D eigenvalue weighted by atomic mass is 9.90. The highest BCUT2D eigenvalue weighted by Crippen LogP contribution is 2.25. The first kappa shape index (κ1) is 17.5. The molecule has 1 aromatic carbocycles. The Labute approximate surface area is 160 Å². The molecular weight excluding hydrogens is 368 g/mol. The van der Waals surface area contributed by atoms with Crippen LogP contribution in [0, 0.1) is 5.92 Å². The van der Waals surface area contributed by atoms with Gasteiger partial charge in [0.1, 0.15) is 0 Å².